The molecule has 80 valence electrons. The van der Waals surface area contributed by atoms with Gasteiger partial charge in [-0.2, -0.15) is 4.80 Å². The Morgan fingerprint density at radius 2 is 2.00 bits per heavy atom. The summed E-state index contributed by atoms with van der Waals surface area (Å²) in [5.74, 6) is 0.575. The van der Waals surface area contributed by atoms with Crippen LogP contribution in [0.25, 0.3) is 0 Å². The van der Waals surface area contributed by atoms with E-state index in [1.165, 1.54) is 4.80 Å². The molecule has 1 atom stereocenters. The first-order valence-corrected chi connectivity index (χ1v) is 4.52. The van der Waals surface area contributed by atoms with Crippen molar-refractivity contribution >= 4 is 0 Å². The topological polar surface area (TPSA) is 72.9 Å². The first-order chi connectivity index (χ1) is 6.35. The van der Waals surface area contributed by atoms with Crippen LogP contribution >= 0.6 is 0 Å². The molecule has 0 fully saturated rings. The highest BCUT2D eigenvalue weighted by Crippen LogP contribution is 2.23. The number of aryl methyl sites for hydroxylation is 1. The van der Waals surface area contributed by atoms with E-state index in [9.17, 15) is 0 Å². The van der Waals surface area contributed by atoms with Crippen LogP contribution in [-0.4, -0.2) is 44.7 Å². The van der Waals surface area contributed by atoms with Crippen molar-refractivity contribution in [3.63, 3.8) is 0 Å². The zero-order valence-electron chi connectivity index (χ0n) is 9.39. The van der Waals surface area contributed by atoms with E-state index in [0.717, 1.165) is 0 Å². The van der Waals surface area contributed by atoms with Gasteiger partial charge in [-0.25, -0.2) is 0 Å². The second-order valence-electron chi connectivity index (χ2n) is 4.16. The van der Waals surface area contributed by atoms with E-state index in [1.807, 2.05) is 32.8 Å². The molecule has 1 unspecified atom stereocenters. The Bertz CT molecular complexity index is 303. The van der Waals surface area contributed by atoms with Crippen molar-refractivity contribution in [3.05, 3.63) is 5.82 Å². The number of nitrogens with zero attached hydrogens (tertiary/aromatic N) is 5. The zero-order valence-corrected chi connectivity index (χ0v) is 9.39. The van der Waals surface area contributed by atoms with Gasteiger partial charge in [-0.05, 0) is 33.2 Å². The van der Waals surface area contributed by atoms with Crippen molar-refractivity contribution in [2.45, 2.75) is 25.4 Å². The number of nitrogens with two attached hydrogens (primary N) is 1. The fraction of sp³-hybridized carbons (Fsp3) is 0.875. The van der Waals surface area contributed by atoms with Gasteiger partial charge in [0.15, 0.2) is 5.82 Å². The fourth-order valence-corrected chi connectivity index (χ4v) is 1.02. The minimum atomic E-state index is -0.244. The van der Waals surface area contributed by atoms with Gasteiger partial charge >= 0.3 is 0 Å². The van der Waals surface area contributed by atoms with Crippen molar-refractivity contribution < 1.29 is 0 Å². The number of hydrogen-bond donors (Lipinski definition) is 1. The predicted molar refractivity (Wildman–Crippen MR) is 53.5 cm³/mol. The first kappa shape index (κ1) is 11.1. The van der Waals surface area contributed by atoms with Crippen molar-refractivity contribution in [1.29, 1.82) is 0 Å². The molecule has 0 aliphatic rings. The molecule has 6 nitrogen and oxygen atoms in total. The van der Waals surface area contributed by atoms with E-state index in [2.05, 4.69) is 15.4 Å². The maximum Gasteiger partial charge on any atom is 0.193 e. The Balaban J connectivity index is 2.89. The Kier molecular flexibility index (Phi) is 2.86. The molecule has 1 rings (SSSR count). The Morgan fingerprint density at radius 3 is 2.36 bits per heavy atom. The monoisotopic (exact) mass is 198 g/mol. The molecule has 0 saturated carbocycles. The summed E-state index contributed by atoms with van der Waals surface area (Å²) in [6, 6.07) is -0.244. The minimum absolute atomic E-state index is 0.191. The van der Waals surface area contributed by atoms with Gasteiger partial charge in [-0.3, -0.25) is 0 Å². The van der Waals surface area contributed by atoms with E-state index in [-0.39, 0.29) is 11.6 Å². The lowest BCUT2D eigenvalue weighted by molar-refractivity contribution is 0.154. The Hall–Kier alpha value is -1.01. The summed E-state index contributed by atoms with van der Waals surface area (Å²) in [5, 5.41) is 11.8. The van der Waals surface area contributed by atoms with Crippen LogP contribution in [0.4, 0.5) is 0 Å². The van der Waals surface area contributed by atoms with Crippen LogP contribution in [0.3, 0.4) is 0 Å². The highest BCUT2D eigenvalue weighted by atomic mass is 15.6. The van der Waals surface area contributed by atoms with Crippen LogP contribution < -0.4 is 5.73 Å². The minimum Gasteiger partial charge on any atom is -0.320 e. The summed E-state index contributed by atoms with van der Waals surface area (Å²) in [5.41, 5.74) is 5.88. The lowest BCUT2D eigenvalue weighted by Gasteiger charge is -2.36. The highest BCUT2D eigenvalue weighted by Gasteiger charge is 2.32. The lowest BCUT2D eigenvalue weighted by atomic mass is 9.93. The van der Waals surface area contributed by atoms with E-state index in [0.29, 0.717) is 5.82 Å². The van der Waals surface area contributed by atoms with Crippen LogP contribution in [0.1, 0.15) is 25.7 Å². The van der Waals surface area contributed by atoms with Crippen molar-refractivity contribution in [2.24, 2.45) is 12.8 Å². The normalized spacial score (nSPS) is 14.8. The molecule has 0 aliphatic heterocycles. The molecule has 14 heavy (non-hydrogen) atoms. The third kappa shape index (κ3) is 1.91. The molecule has 0 bridgehead atoms. The van der Waals surface area contributed by atoms with Crippen LogP contribution in [0.5, 0.6) is 0 Å². The molecule has 0 radical (unpaired) electrons. The van der Waals surface area contributed by atoms with Crippen molar-refractivity contribution in [2.75, 3.05) is 14.1 Å². The molecule has 6 heteroatoms. The SMILES string of the molecule is CN(C)C(C)(C)C(N)c1nnn(C)n1. The average Bonchev–Trinajstić information content (AvgIpc) is 2.50. The van der Waals surface area contributed by atoms with Crippen LogP contribution in [0, 0.1) is 0 Å². The van der Waals surface area contributed by atoms with E-state index < -0.39 is 0 Å². The third-order valence-electron chi connectivity index (χ3n) is 2.72. The van der Waals surface area contributed by atoms with Gasteiger partial charge in [-0.15, -0.1) is 10.2 Å². The molecular weight excluding hydrogens is 180 g/mol. The van der Waals surface area contributed by atoms with Crippen LogP contribution in [-0.2, 0) is 7.05 Å². The van der Waals surface area contributed by atoms with Gasteiger partial charge in [0.05, 0.1) is 13.1 Å². The van der Waals surface area contributed by atoms with Crippen LogP contribution in [0.2, 0.25) is 0 Å². The first-order valence-electron chi connectivity index (χ1n) is 4.52. The zero-order chi connectivity index (χ0) is 10.9. The lowest BCUT2D eigenvalue weighted by Crippen LogP contribution is -2.47. The second-order valence-corrected chi connectivity index (χ2v) is 4.16. The second kappa shape index (κ2) is 3.62. The van der Waals surface area contributed by atoms with Crippen molar-refractivity contribution in [3.8, 4) is 0 Å². The molecule has 1 aromatic rings. The third-order valence-corrected chi connectivity index (χ3v) is 2.72. The fourth-order valence-electron chi connectivity index (χ4n) is 1.02. The van der Waals surface area contributed by atoms with Gasteiger partial charge < -0.3 is 10.6 Å². The molecule has 0 amide bonds. The molecule has 1 heterocycles. The smallest absolute Gasteiger partial charge is 0.193 e. The predicted octanol–water partition coefficient (Wildman–Crippen LogP) is -0.450. The van der Waals surface area contributed by atoms with Gasteiger partial charge in [0.25, 0.3) is 0 Å². The maximum absolute atomic E-state index is 6.07. The quantitative estimate of drug-likeness (QED) is 0.712. The summed E-state index contributed by atoms with van der Waals surface area (Å²) < 4.78 is 0. The van der Waals surface area contributed by atoms with Gasteiger partial charge in [0.2, 0.25) is 0 Å². The number of rotatable bonds is 3. The largest absolute Gasteiger partial charge is 0.320 e. The Morgan fingerprint density at radius 1 is 1.43 bits per heavy atom. The summed E-state index contributed by atoms with van der Waals surface area (Å²) in [6.07, 6.45) is 0. The summed E-state index contributed by atoms with van der Waals surface area (Å²) in [4.78, 5) is 3.47. The highest BCUT2D eigenvalue weighted by molar-refractivity contribution is 5.00. The molecule has 0 aromatic carbocycles. The van der Waals surface area contributed by atoms with E-state index >= 15 is 0 Å². The summed E-state index contributed by atoms with van der Waals surface area (Å²) in [7, 11) is 5.69. The number of tetrazole rings is 1. The Labute approximate surface area is 84.1 Å². The number of hydrogen-bond acceptors (Lipinski definition) is 5. The summed E-state index contributed by atoms with van der Waals surface area (Å²) in [6.45, 7) is 4.10. The molecule has 0 aliphatic carbocycles. The molecule has 0 spiro atoms. The van der Waals surface area contributed by atoms with Gasteiger partial charge in [0, 0.05) is 5.54 Å². The van der Waals surface area contributed by atoms with E-state index in [4.69, 9.17) is 5.73 Å². The maximum atomic E-state index is 6.07. The molecule has 0 saturated heterocycles. The van der Waals surface area contributed by atoms with Gasteiger partial charge in [-0.1, -0.05) is 0 Å². The molecule has 2 N–H and O–H groups in total. The number of aromatic nitrogens is 4. The number of likely N-dealkylation sites (N-methyl/N-ethyl adjacent to an activating group) is 1. The molecule has 1 aromatic heterocycles. The van der Waals surface area contributed by atoms with Crippen molar-refractivity contribution in [1.82, 2.24) is 25.1 Å². The van der Waals surface area contributed by atoms with E-state index in [1.54, 1.807) is 7.05 Å². The average molecular weight is 198 g/mol. The van der Waals surface area contributed by atoms with Gasteiger partial charge in [0.1, 0.15) is 0 Å². The van der Waals surface area contributed by atoms with Crippen LogP contribution in [0.15, 0.2) is 0 Å². The molecular formula is C8H18N6. The summed E-state index contributed by atoms with van der Waals surface area (Å²) >= 11 is 0. The standard InChI is InChI=1S/C8H18N6/c1-8(2,13(3)4)6(9)7-10-12-14(5)11-7/h6H,9H2,1-5H3.